The van der Waals surface area contributed by atoms with Crippen molar-refractivity contribution in [1.82, 2.24) is 14.7 Å². The van der Waals surface area contributed by atoms with Gasteiger partial charge in [-0.05, 0) is 43.2 Å². The van der Waals surface area contributed by atoms with Crippen LogP contribution < -0.4 is 4.90 Å². The third kappa shape index (κ3) is 4.28. The summed E-state index contributed by atoms with van der Waals surface area (Å²) in [5.74, 6) is -1.12. The number of likely N-dealkylation sites (tertiary alicyclic amines) is 1. The summed E-state index contributed by atoms with van der Waals surface area (Å²) in [5, 5.41) is 10.3. The molecule has 0 radical (unpaired) electrons. The van der Waals surface area contributed by atoms with Crippen molar-refractivity contribution < 1.29 is 23.9 Å². The molecule has 36 heavy (non-hydrogen) atoms. The van der Waals surface area contributed by atoms with Crippen LogP contribution in [0.2, 0.25) is 0 Å². The molecule has 5 rings (SSSR count). The highest BCUT2D eigenvalue weighted by molar-refractivity contribution is 6.01. The van der Waals surface area contributed by atoms with E-state index in [9.17, 15) is 19.5 Å². The summed E-state index contributed by atoms with van der Waals surface area (Å²) in [6, 6.07) is 17.4. The third-order valence-electron chi connectivity index (χ3n) is 6.92. The summed E-state index contributed by atoms with van der Waals surface area (Å²) < 4.78 is 5.10. The van der Waals surface area contributed by atoms with Crippen LogP contribution in [0.3, 0.4) is 0 Å². The SMILES string of the molecule is CN(Cc1ccoc1)C(=O)N1[C@H]2CC[C@@H]1[C@@H](C(=O)O)N(C(=O)N(c1ccccc1)c1ccccc1)C2. The Morgan fingerprint density at radius 1 is 0.944 bits per heavy atom. The number of hydrogen-bond acceptors (Lipinski definition) is 4. The highest BCUT2D eigenvalue weighted by Crippen LogP contribution is 2.37. The van der Waals surface area contributed by atoms with Gasteiger partial charge in [-0.25, -0.2) is 14.4 Å². The van der Waals surface area contributed by atoms with E-state index < -0.39 is 24.1 Å². The number of nitrogens with zero attached hydrogens (tertiary/aromatic N) is 4. The lowest BCUT2D eigenvalue weighted by Crippen LogP contribution is -2.67. The molecule has 9 heteroatoms. The number of carbonyl (C=O) groups excluding carboxylic acids is 2. The highest BCUT2D eigenvalue weighted by atomic mass is 16.4. The van der Waals surface area contributed by atoms with Gasteiger partial charge in [-0.3, -0.25) is 4.90 Å². The number of aliphatic carboxylic acids is 1. The first-order valence-corrected chi connectivity index (χ1v) is 11.9. The normalized spacial score (nSPS) is 20.8. The van der Waals surface area contributed by atoms with E-state index in [0.29, 0.717) is 30.8 Å². The molecule has 0 saturated carbocycles. The number of furan rings is 1. The molecule has 2 aliphatic heterocycles. The molecule has 2 fully saturated rings. The monoisotopic (exact) mass is 488 g/mol. The minimum Gasteiger partial charge on any atom is -0.480 e. The summed E-state index contributed by atoms with van der Waals surface area (Å²) in [7, 11) is 1.69. The van der Waals surface area contributed by atoms with Gasteiger partial charge < -0.3 is 24.2 Å². The lowest BCUT2D eigenvalue weighted by Gasteiger charge is -2.47. The van der Waals surface area contributed by atoms with Gasteiger partial charge >= 0.3 is 18.0 Å². The average Bonchev–Trinajstić information content (AvgIpc) is 3.50. The molecule has 9 nitrogen and oxygen atoms in total. The van der Waals surface area contributed by atoms with Crippen molar-refractivity contribution in [3.05, 3.63) is 84.8 Å². The Hall–Kier alpha value is -4.27. The minimum absolute atomic E-state index is 0.147. The molecule has 4 amide bonds. The Bertz CT molecular complexity index is 1180. The van der Waals surface area contributed by atoms with E-state index >= 15 is 0 Å². The van der Waals surface area contributed by atoms with Gasteiger partial charge in [-0.2, -0.15) is 0 Å². The number of anilines is 2. The van der Waals surface area contributed by atoms with E-state index in [0.717, 1.165) is 5.56 Å². The Kier molecular flexibility index (Phi) is 6.37. The van der Waals surface area contributed by atoms with Gasteiger partial charge in [0.15, 0.2) is 6.04 Å². The molecule has 2 aliphatic rings. The third-order valence-corrected chi connectivity index (χ3v) is 6.92. The lowest BCUT2D eigenvalue weighted by atomic mass is 10.0. The molecule has 1 aromatic heterocycles. The Balaban J connectivity index is 1.44. The lowest BCUT2D eigenvalue weighted by molar-refractivity contribution is -0.145. The number of piperazine rings is 1. The highest BCUT2D eigenvalue weighted by Gasteiger charge is 2.54. The zero-order valence-electron chi connectivity index (χ0n) is 19.9. The van der Waals surface area contributed by atoms with Gasteiger partial charge in [0.05, 0.1) is 42.5 Å². The molecule has 0 unspecified atom stereocenters. The maximum absolute atomic E-state index is 14.0. The first-order valence-electron chi connectivity index (χ1n) is 11.9. The van der Waals surface area contributed by atoms with Gasteiger partial charge in [-0.15, -0.1) is 0 Å². The molecule has 3 aromatic rings. The van der Waals surface area contributed by atoms with Crippen LogP contribution in [0.15, 0.2) is 83.7 Å². The predicted molar refractivity (Wildman–Crippen MR) is 133 cm³/mol. The molecule has 0 aliphatic carbocycles. The van der Waals surface area contributed by atoms with Gasteiger partial charge in [0.25, 0.3) is 0 Å². The standard InChI is InChI=1S/C27H28N4O5/c1-28(16-19-14-15-36-18-19)26(34)31-22-12-13-23(31)24(25(32)33)29(17-22)27(35)30(20-8-4-2-5-9-20)21-10-6-3-7-11-21/h2-11,14-15,18,22-24H,12-13,16-17H2,1H3,(H,32,33)/t22-,23+,24-/m0/s1. The van der Waals surface area contributed by atoms with Crippen LogP contribution in [-0.4, -0.2) is 69.6 Å². The number of rotatable bonds is 5. The summed E-state index contributed by atoms with van der Waals surface area (Å²) in [6.07, 6.45) is 4.29. The van der Waals surface area contributed by atoms with Crippen LogP contribution in [0.5, 0.6) is 0 Å². The van der Waals surface area contributed by atoms with E-state index in [-0.39, 0.29) is 18.6 Å². The van der Waals surface area contributed by atoms with Crippen molar-refractivity contribution in [2.75, 3.05) is 18.5 Å². The molecule has 1 N–H and O–H groups in total. The molecule has 2 aromatic carbocycles. The van der Waals surface area contributed by atoms with E-state index in [2.05, 4.69) is 0 Å². The fraction of sp³-hybridized carbons (Fsp3) is 0.296. The predicted octanol–water partition coefficient (Wildman–Crippen LogP) is 4.39. The second kappa shape index (κ2) is 9.77. The van der Waals surface area contributed by atoms with Crippen LogP contribution in [0.1, 0.15) is 18.4 Å². The van der Waals surface area contributed by atoms with Crippen LogP contribution >= 0.6 is 0 Å². The van der Waals surface area contributed by atoms with Gasteiger partial charge in [0.2, 0.25) is 0 Å². The Morgan fingerprint density at radius 3 is 2.14 bits per heavy atom. The van der Waals surface area contributed by atoms with Gasteiger partial charge in [-0.1, -0.05) is 36.4 Å². The van der Waals surface area contributed by atoms with E-state index in [4.69, 9.17) is 4.42 Å². The summed E-state index contributed by atoms with van der Waals surface area (Å²) in [5.41, 5.74) is 2.13. The van der Waals surface area contributed by atoms with Crippen LogP contribution in [-0.2, 0) is 11.3 Å². The van der Waals surface area contributed by atoms with E-state index in [1.165, 1.54) is 9.80 Å². The van der Waals surface area contributed by atoms with Crippen molar-refractivity contribution >= 4 is 29.4 Å². The number of carboxylic acid groups (broad SMARTS) is 1. The topological polar surface area (TPSA) is 97.5 Å². The van der Waals surface area contributed by atoms with E-state index in [1.54, 1.807) is 35.4 Å². The number of benzene rings is 2. The quantitative estimate of drug-likeness (QED) is 0.574. The number of para-hydroxylation sites is 2. The molecule has 186 valence electrons. The number of carboxylic acids is 1. The molecular formula is C27H28N4O5. The van der Waals surface area contributed by atoms with E-state index in [1.807, 2.05) is 60.7 Å². The molecular weight excluding hydrogens is 460 g/mol. The zero-order chi connectivity index (χ0) is 25.2. The second-order valence-electron chi connectivity index (χ2n) is 9.20. The minimum atomic E-state index is -1.16. The number of carbonyl (C=O) groups is 3. The van der Waals surface area contributed by atoms with Crippen molar-refractivity contribution in [2.24, 2.45) is 0 Å². The van der Waals surface area contributed by atoms with Crippen molar-refractivity contribution in [1.29, 1.82) is 0 Å². The van der Waals surface area contributed by atoms with Crippen LogP contribution in [0.25, 0.3) is 0 Å². The molecule has 0 spiro atoms. The molecule has 3 atom stereocenters. The summed E-state index contributed by atoms with van der Waals surface area (Å²) in [4.78, 5) is 46.2. The Morgan fingerprint density at radius 2 is 1.58 bits per heavy atom. The van der Waals surface area contributed by atoms with Crippen LogP contribution in [0.4, 0.5) is 21.0 Å². The van der Waals surface area contributed by atoms with Crippen LogP contribution in [0, 0.1) is 0 Å². The molecule has 2 bridgehead atoms. The maximum Gasteiger partial charge on any atom is 0.329 e. The first-order chi connectivity index (χ1) is 17.5. The second-order valence-corrected chi connectivity index (χ2v) is 9.20. The maximum atomic E-state index is 14.0. The molecule has 3 heterocycles. The smallest absolute Gasteiger partial charge is 0.329 e. The zero-order valence-corrected chi connectivity index (χ0v) is 19.9. The molecule has 2 saturated heterocycles. The number of fused-ring (bicyclic) bond motifs is 2. The van der Waals surface area contributed by atoms with Gasteiger partial charge in [0, 0.05) is 19.2 Å². The number of hydrogen-bond donors (Lipinski definition) is 1. The number of urea groups is 2. The summed E-state index contributed by atoms with van der Waals surface area (Å²) in [6.45, 7) is 0.495. The van der Waals surface area contributed by atoms with Crippen molar-refractivity contribution in [2.45, 2.75) is 37.5 Å². The summed E-state index contributed by atoms with van der Waals surface area (Å²) >= 11 is 0. The van der Waals surface area contributed by atoms with Crippen molar-refractivity contribution in [3.8, 4) is 0 Å². The first kappa shape index (κ1) is 23.5. The van der Waals surface area contributed by atoms with Crippen molar-refractivity contribution in [3.63, 3.8) is 0 Å². The largest absolute Gasteiger partial charge is 0.480 e. The fourth-order valence-corrected chi connectivity index (χ4v) is 5.32. The Labute approximate surface area is 209 Å². The average molecular weight is 489 g/mol. The van der Waals surface area contributed by atoms with Gasteiger partial charge in [0.1, 0.15) is 0 Å². The fourth-order valence-electron chi connectivity index (χ4n) is 5.32. The number of amides is 4.